The normalized spacial score (nSPS) is 12.5. The van der Waals surface area contributed by atoms with E-state index in [1.165, 1.54) is 48.1 Å². The smallest absolute Gasteiger partial charge is 0.434 e. The van der Waals surface area contributed by atoms with Crippen LogP contribution in [0.4, 0.5) is 0 Å². The van der Waals surface area contributed by atoms with Crippen LogP contribution < -0.4 is 41.1 Å². The molecule has 11 aromatic rings. The highest BCUT2D eigenvalue weighted by Gasteiger charge is 2.44. The van der Waals surface area contributed by atoms with E-state index in [2.05, 4.69) is 247 Å². The predicted octanol–water partition coefficient (Wildman–Crippen LogP) is 10.8. The number of ether oxygens (including phenoxy) is 1. The summed E-state index contributed by atoms with van der Waals surface area (Å²) < 4.78 is 16.6. The van der Waals surface area contributed by atoms with Crippen molar-refractivity contribution in [3.05, 3.63) is 243 Å². The molecular formula is C60H40BNO2Si. The third-order valence-electron chi connectivity index (χ3n) is 13.6. The Morgan fingerprint density at radius 1 is 0.369 bits per heavy atom. The average molecular weight is 846 g/mol. The van der Waals surface area contributed by atoms with E-state index in [-0.39, 0.29) is 6.92 Å². The minimum atomic E-state index is -2.89. The first kappa shape index (κ1) is 37.4. The van der Waals surface area contributed by atoms with Gasteiger partial charge in [-0.2, -0.15) is 0 Å². The summed E-state index contributed by atoms with van der Waals surface area (Å²) >= 11 is 0. The Kier molecular flexibility index (Phi) is 8.65. The van der Waals surface area contributed by atoms with E-state index in [0.29, 0.717) is 0 Å². The average Bonchev–Trinajstić information content (AvgIpc) is 3.72. The van der Waals surface area contributed by atoms with Crippen LogP contribution in [-0.4, -0.2) is 19.6 Å². The molecule has 65 heavy (non-hydrogen) atoms. The van der Waals surface area contributed by atoms with Gasteiger partial charge in [-0.05, 0) is 85.5 Å². The molecule has 0 atom stereocenters. The molecule has 0 saturated carbocycles. The maximum absolute atomic E-state index is 7.24. The lowest BCUT2D eigenvalue weighted by atomic mass is 9.50. The van der Waals surface area contributed by atoms with Crippen LogP contribution in [0.25, 0.3) is 60.9 Å². The van der Waals surface area contributed by atoms with E-state index < -0.39 is 8.07 Å². The molecule has 2 aliphatic rings. The van der Waals surface area contributed by atoms with Crippen molar-refractivity contribution in [3.63, 3.8) is 0 Å². The van der Waals surface area contributed by atoms with Gasteiger partial charge in [0.05, 0.1) is 16.7 Å². The van der Waals surface area contributed by atoms with Gasteiger partial charge in [0.1, 0.15) is 17.2 Å². The van der Waals surface area contributed by atoms with Gasteiger partial charge in [0.25, 0.3) is 0 Å². The summed E-state index contributed by atoms with van der Waals surface area (Å²) in [6, 6.07) is 88.4. The van der Waals surface area contributed by atoms with Crippen LogP contribution in [0.15, 0.2) is 243 Å². The lowest BCUT2D eigenvalue weighted by Gasteiger charge is -2.36. The summed E-state index contributed by atoms with van der Waals surface area (Å²) in [5, 5.41) is 7.81. The number of aromatic nitrogens is 1. The van der Waals surface area contributed by atoms with Gasteiger partial charge in [0.2, 0.25) is 0 Å². The van der Waals surface area contributed by atoms with E-state index in [0.717, 1.165) is 61.7 Å². The van der Waals surface area contributed by atoms with Crippen LogP contribution >= 0.6 is 0 Å². The second-order valence-corrected chi connectivity index (χ2v) is 20.8. The molecule has 0 amide bonds. The minimum absolute atomic E-state index is 0.337. The van der Waals surface area contributed by atoms with Crippen molar-refractivity contribution in [1.82, 2.24) is 4.57 Å². The summed E-state index contributed by atoms with van der Waals surface area (Å²) in [4.78, 5) is 0. The van der Waals surface area contributed by atoms with Crippen LogP contribution in [-0.2, 0) is 0 Å². The highest BCUT2D eigenvalue weighted by molar-refractivity contribution is 7.20. The first-order valence-corrected chi connectivity index (χ1v) is 24.4. The van der Waals surface area contributed by atoms with Gasteiger partial charge in [-0.15, -0.1) is 0 Å². The van der Waals surface area contributed by atoms with Crippen LogP contribution in [0.1, 0.15) is 0 Å². The highest BCUT2D eigenvalue weighted by atomic mass is 28.3. The molecule has 0 N–H and O–H groups in total. The predicted molar refractivity (Wildman–Crippen MR) is 273 cm³/mol. The molecule has 3 nitrogen and oxygen atoms in total. The van der Waals surface area contributed by atoms with Crippen LogP contribution in [0.2, 0.25) is 0 Å². The molecule has 0 spiro atoms. The second kappa shape index (κ2) is 15.0. The quantitative estimate of drug-likeness (QED) is 0.118. The molecule has 3 heterocycles. The number of para-hydroxylation sites is 4. The molecule has 5 heteroatoms. The van der Waals surface area contributed by atoms with E-state index in [1.54, 1.807) is 0 Å². The van der Waals surface area contributed by atoms with Crippen molar-refractivity contribution in [2.45, 2.75) is 0 Å². The van der Waals surface area contributed by atoms with Crippen molar-refractivity contribution < 1.29 is 9.39 Å². The zero-order chi connectivity index (χ0) is 42.9. The number of hydrogen-bond donors (Lipinski definition) is 0. The van der Waals surface area contributed by atoms with Gasteiger partial charge < -0.3 is 14.0 Å². The Hall–Kier alpha value is -8.12. The zero-order valence-corrected chi connectivity index (χ0v) is 36.4. The summed E-state index contributed by atoms with van der Waals surface area (Å²) in [5.41, 5.74) is 12.3. The molecule has 13 rings (SSSR count). The lowest BCUT2D eigenvalue weighted by Crippen LogP contribution is -2.75. The van der Waals surface area contributed by atoms with Gasteiger partial charge in [0, 0.05) is 32.8 Å². The van der Waals surface area contributed by atoms with Gasteiger partial charge in [-0.1, -0.05) is 200 Å². The molecule has 0 fully saturated rings. The Balaban J connectivity index is 1.01. The first-order valence-electron chi connectivity index (χ1n) is 22.4. The van der Waals surface area contributed by atoms with Crippen molar-refractivity contribution >= 4 is 68.5 Å². The zero-order valence-electron chi connectivity index (χ0n) is 35.4. The van der Waals surface area contributed by atoms with Crippen molar-refractivity contribution in [2.24, 2.45) is 0 Å². The Morgan fingerprint density at radius 3 is 1.55 bits per heavy atom. The number of rotatable bonds is 7. The molecule has 0 radical (unpaired) electrons. The summed E-state index contributed by atoms with van der Waals surface area (Å²) in [6.45, 7) is -0.337. The van der Waals surface area contributed by atoms with Gasteiger partial charge in [0.15, 0.2) is 8.07 Å². The molecule has 10 aromatic carbocycles. The van der Waals surface area contributed by atoms with Crippen LogP contribution in [0.3, 0.4) is 0 Å². The maximum atomic E-state index is 7.24. The number of benzene rings is 10. The molecular weight excluding hydrogens is 806 g/mol. The van der Waals surface area contributed by atoms with Crippen LogP contribution in [0.5, 0.6) is 17.2 Å². The molecule has 0 aliphatic carbocycles. The maximum Gasteiger partial charge on any atom is 0.434 e. The fraction of sp³-hybridized carbons (Fsp3) is 0. The van der Waals surface area contributed by atoms with E-state index in [9.17, 15) is 0 Å². The molecule has 2 aliphatic heterocycles. The van der Waals surface area contributed by atoms with Crippen LogP contribution in [0, 0.1) is 0 Å². The Bertz CT molecular complexity index is 3470. The third-order valence-corrected chi connectivity index (χ3v) is 18.5. The van der Waals surface area contributed by atoms with E-state index in [1.807, 2.05) is 0 Å². The summed E-state index contributed by atoms with van der Waals surface area (Å²) in [5.74, 6) is 2.49. The Morgan fingerprint density at radius 2 is 0.892 bits per heavy atom. The summed E-state index contributed by atoms with van der Waals surface area (Å²) in [6.07, 6.45) is 0. The van der Waals surface area contributed by atoms with Crippen molar-refractivity contribution in [2.75, 3.05) is 0 Å². The summed E-state index contributed by atoms with van der Waals surface area (Å²) in [7, 11) is -2.89. The number of fused-ring (bicyclic) bond motifs is 7. The molecule has 0 bridgehead atoms. The monoisotopic (exact) mass is 845 g/mol. The lowest BCUT2D eigenvalue weighted by molar-refractivity contribution is 0.480. The van der Waals surface area contributed by atoms with E-state index in [4.69, 9.17) is 9.39 Å². The van der Waals surface area contributed by atoms with E-state index >= 15 is 0 Å². The second-order valence-electron chi connectivity index (χ2n) is 17.1. The van der Waals surface area contributed by atoms with Gasteiger partial charge >= 0.3 is 6.92 Å². The molecule has 304 valence electrons. The van der Waals surface area contributed by atoms with Crippen molar-refractivity contribution in [3.8, 4) is 56.3 Å². The van der Waals surface area contributed by atoms with Gasteiger partial charge in [-0.25, -0.2) is 0 Å². The van der Waals surface area contributed by atoms with Gasteiger partial charge in [-0.3, -0.25) is 0 Å². The molecule has 1 aromatic heterocycles. The fourth-order valence-corrected chi connectivity index (χ4v) is 15.9. The number of nitrogens with zero attached hydrogens (tertiary/aromatic N) is 1. The first-order chi connectivity index (χ1) is 32.3. The third kappa shape index (κ3) is 5.76. The number of hydrogen-bond acceptors (Lipinski definition) is 2. The highest BCUT2D eigenvalue weighted by Crippen LogP contribution is 2.43. The topological polar surface area (TPSA) is 23.4 Å². The largest absolute Gasteiger partial charge is 0.551 e. The van der Waals surface area contributed by atoms with Crippen molar-refractivity contribution in [1.29, 1.82) is 0 Å². The fourth-order valence-electron chi connectivity index (χ4n) is 10.9. The SMILES string of the molecule is c1ccc([Si](c2ccccc2)(c2ccccc2)c2ccccc2-c2cc3c4c(c2)-c2ccccc2OB4c2ccc(-c4ccccc4-n4c5ccccc5c5ccccc54)cc2O3)cc1. The molecule has 0 saturated heterocycles. The standard InChI is InChI=1S/C60H40BNO2Si/c1-4-20-43(21-5-1)65(44-22-6-2-7-23-44,45-24-8-3-9-25-45)59-35-19-14-27-47(59)42-38-51-50-30-13-18-34-56(50)64-61-52-37-36-41(39-57(52)63-58(40-42)60(51)61)46-26-10-15-31-53(46)62-54-32-16-11-28-48(54)49-29-12-17-33-55(49)62/h1-40H. The molecule has 0 unspecified atom stereocenters. The minimum Gasteiger partial charge on any atom is -0.551 e. The Labute approximate surface area is 379 Å².